The topological polar surface area (TPSA) is 92.2 Å². The number of rotatable bonds is 4. The maximum Gasteiger partial charge on any atom is 0.410 e. The molecule has 0 bridgehead atoms. The van der Waals surface area contributed by atoms with Gasteiger partial charge in [0.05, 0.1) is 38.2 Å². The zero-order valence-corrected chi connectivity index (χ0v) is 19.1. The smallest absolute Gasteiger partial charge is 0.410 e. The third kappa shape index (κ3) is 5.34. The average Bonchev–Trinajstić information content (AvgIpc) is 3.17. The van der Waals surface area contributed by atoms with E-state index in [4.69, 9.17) is 14.5 Å². The molecule has 32 heavy (non-hydrogen) atoms. The number of hydrazone groups is 1. The quantitative estimate of drug-likeness (QED) is 0.578. The van der Waals surface area contributed by atoms with Crippen LogP contribution in [-0.4, -0.2) is 59.1 Å². The molecule has 4 rings (SSSR count). The van der Waals surface area contributed by atoms with Crippen molar-refractivity contribution in [1.82, 2.24) is 14.9 Å². The summed E-state index contributed by atoms with van der Waals surface area (Å²) in [5.74, 6) is 1.22. The summed E-state index contributed by atoms with van der Waals surface area (Å²) >= 11 is 0. The van der Waals surface area contributed by atoms with E-state index in [0.717, 1.165) is 35.7 Å². The molecule has 2 aliphatic heterocycles. The van der Waals surface area contributed by atoms with Gasteiger partial charge in [0.15, 0.2) is 0 Å². The van der Waals surface area contributed by atoms with Crippen molar-refractivity contribution in [3.63, 3.8) is 0 Å². The fourth-order valence-electron chi connectivity index (χ4n) is 3.69. The average molecular weight is 439 g/mol. The van der Waals surface area contributed by atoms with Crippen molar-refractivity contribution in [1.29, 1.82) is 0 Å². The van der Waals surface area contributed by atoms with Gasteiger partial charge in [-0.15, -0.1) is 0 Å². The van der Waals surface area contributed by atoms with E-state index in [0.29, 0.717) is 32.3 Å². The predicted molar refractivity (Wildman–Crippen MR) is 123 cm³/mol. The van der Waals surface area contributed by atoms with Crippen molar-refractivity contribution >= 4 is 24.1 Å². The number of ether oxygens (including phenoxy) is 2. The molecule has 2 aromatic rings. The van der Waals surface area contributed by atoms with Crippen LogP contribution in [0.3, 0.4) is 0 Å². The van der Waals surface area contributed by atoms with Crippen molar-refractivity contribution in [2.24, 2.45) is 5.10 Å². The molecule has 1 aromatic carbocycles. The monoisotopic (exact) mass is 438 g/mol. The highest BCUT2D eigenvalue weighted by atomic mass is 16.6. The fraction of sp³-hybridized carbons (Fsp3) is 0.478. The van der Waals surface area contributed by atoms with Gasteiger partial charge in [-0.1, -0.05) is 29.8 Å². The number of hydrogen-bond donors (Lipinski definition) is 1. The molecule has 0 spiro atoms. The lowest BCUT2D eigenvalue weighted by molar-refractivity contribution is 0.0240. The number of carbonyl (C=O) groups is 1. The van der Waals surface area contributed by atoms with Crippen LogP contribution in [0.15, 0.2) is 29.4 Å². The first-order chi connectivity index (χ1) is 15.3. The van der Waals surface area contributed by atoms with Gasteiger partial charge in [0.2, 0.25) is 5.95 Å². The Balaban J connectivity index is 1.57. The van der Waals surface area contributed by atoms with Gasteiger partial charge in [0.25, 0.3) is 0 Å². The number of morpholine rings is 1. The summed E-state index contributed by atoms with van der Waals surface area (Å²) < 4.78 is 11.1. The minimum absolute atomic E-state index is 0.351. The molecule has 1 N–H and O–H groups in total. The Morgan fingerprint density at radius 3 is 2.72 bits per heavy atom. The number of carbonyl (C=O) groups excluding carboxylic acids is 1. The summed E-state index contributed by atoms with van der Waals surface area (Å²) in [6, 6.07) is 8.07. The number of hydrogen-bond acceptors (Lipinski definition) is 8. The van der Waals surface area contributed by atoms with E-state index in [1.807, 2.05) is 52.0 Å². The largest absolute Gasteiger partial charge is 0.444 e. The Bertz CT molecular complexity index is 1010. The van der Waals surface area contributed by atoms with E-state index in [9.17, 15) is 4.79 Å². The van der Waals surface area contributed by atoms with E-state index in [1.54, 1.807) is 11.1 Å². The molecule has 9 heteroatoms. The first kappa shape index (κ1) is 22.0. The zero-order valence-electron chi connectivity index (χ0n) is 19.1. The van der Waals surface area contributed by atoms with Gasteiger partial charge in [0.1, 0.15) is 11.4 Å². The van der Waals surface area contributed by atoms with Crippen LogP contribution in [-0.2, 0) is 22.6 Å². The second-order valence-corrected chi connectivity index (χ2v) is 9.02. The molecule has 1 aromatic heterocycles. The molecule has 3 heterocycles. The number of amides is 1. The Kier molecular flexibility index (Phi) is 6.27. The number of aryl methyl sites for hydroxylation is 1. The van der Waals surface area contributed by atoms with Gasteiger partial charge in [-0.3, -0.25) is 4.90 Å². The number of anilines is 2. The third-order valence-electron chi connectivity index (χ3n) is 5.14. The minimum Gasteiger partial charge on any atom is -0.444 e. The first-order valence-electron chi connectivity index (χ1n) is 10.8. The predicted octanol–water partition coefficient (Wildman–Crippen LogP) is 3.32. The van der Waals surface area contributed by atoms with Crippen molar-refractivity contribution in [3.05, 3.63) is 46.6 Å². The number of nitrogens with one attached hydrogen (secondary N) is 1. The molecule has 0 aliphatic carbocycles. The fourth-order valence-corrected chi connectivity index (χ4v) is 3.69. The summed E-state index contributed by atoms with van der Waals surface area (Å²) in [5.41, 5.74) is 6.32. The summed E-state index contributed by atoms with van der Waals surface area (Å²) in [6.07, 6.45) is 1.39. The van der Waals surface area contributed by atoms with E-state index < -0.39 is 5.60 Å². The van der Waals surface area contributed by atoms with Crippen LogP contribution in [0, 0.1) is 6.92 Å². The second kappa shape index (κ2) is 9.12. The minimum atomic E-state index is -0.554. The molecule has 1 saturated heterocycles. The standard InChI is InChI=1S/C23H30N6O3/c1-16-6-5-7-17(12-16)13-24-27-21-25-19-15-29(22(30)32-23(2,3)4)14-18(19)20(26-21)28-8-10-31-11-9-28/h5-7,12-13H,8-11,14-15H2,1-4H3,(H,25,26,27)/b24-13+. The summed E-state index contributed by atoms with van der Waals surface area (Å²) in [4.78, 5) is 25.9. The highest BCUT2D eigenvalue weighted by Crippen LogP contribution is 2.31. The second-order valence-electron chi connectivity index (χ2n) is 9.02. The highest BCUT2D eigenvalue weighted by molar-refractivity contribution is 5.80. The van der Waals surface area contributed by atoms with Gasteiger partial charge in [-0.2, -0.15) is 10.1 Å². The Morgan fingerprint density at radius 1 is 1.22 bits per heavy atom. The van der Waals surface area contributed by atoms with Crippen LogP contribution in [0.5, 0.6) is 0 Å². The number of fused-ring (bicyclic) bond motifs is 1. The summed E-state index contributed by atoms with van der Waals surface area (Å²) in [6.45, 7) is 11.2. The molecule has 170 valence electrons. The number of nitrogens with zero attached hydrogens (tertiary/aromatic N) is 5. The lowest BCUT2D eigenvalue weighted by Crippen LogP contribution is -2.38. The molecule has 0 saturated carbocycles. The first-order valence-corrected chi connectivity index (χ1v) is 10.8. The lowest BCUT2D eigenvalue weighted by atomic mass is 10.2. The third-order valence-corrected chi connectivity index (χ3v) is 5.14. The molecular formula is C23H30N6O3. The molecule has 2 aliphatic rings. The lowest BCUT2D eigenvalue weighted by Gasteiger charge is -2.29. The van der Waals surface area contributed by atoms with Crippen molar-refractivity contribution in [2.45, 2.75) is 46.4 Å². The van der Waals surface area contributed by atoms with Crippen LogP contribution in [0.2, 0.25) is 0 Å². The summed E-state index contributed by atoms with van der Waals surface area (Å²) in [7, 11) is 0. The normalized spacial score (nSPS) is 16.4. The Hall–Kier alpha value is -3.20. The molecular weight excluding hydrogens is 408 g/mol. The molecule has 0 unspecified atom stereocenters. The molecule has 0 radical (unpaired) electrons. The van der Waals surface area contributed by atoms with Crippen LogP contribution < -0.4 is 10.3 Å². The van der Waals surface area contributed by atoms with E-state index in [-0.39, 0.29) is 6.09 Å². The van der Waals surface area contributed by atoms with Crippen molar-refractivity contribution < 1.29 is 14.3 Å². The van der Waals surface area contributed by atoms with Gasteiger partial charge in [-0.05, 0) is 33.3 Å². The molecule has 0 atom stereocenters. The Morgan fingerprint density at radius 2 is 2.00 bits per heavy atom. The van der Waals surface area contributed by atoms with Gasteiger partial charge < -0.3 is 14.4 Å². The van der Waals surface area contributed by atoms with Crippen LogP contribution >= 0.6 is 0 Å². The van der Waals surface area contributed by atoms with E-state index in [2.05, 4.69) is 20.4 Å². The molecule has 9 nitrogen and oxygen atoms in total. The van der Waals surface area contributed by atoms with Gasteiger partial charge >= 0.3 is 6.09 Å². The summed E-state index contributed by atoms with van der Waals surface area (Å²) in [5, 5.41) is 4.32. The van der Waals surface area contributed by atoms with Gasteiger partial charge in [-0.25, -0.2) is 15.2 Å². The Labute approximate surface area is 188 Å². The number of aromatic nitrogens is 2. The maximum atomic E-state index is 12.6. The number of benzene rings is 1. The van der Waals surface area contributed by atoms with Crippen LogP contribution in [0.25, 0.3) is 0 Å². The SMILES string of the molecule is Cc1cccc(/C=N/Nc2nc3c(c(N4CCOCC4)n2)CN(C(=O)OC(C)(C)C)C3)c1. The van der Waals surface area contributed by atoms with Crippen LogP contribution in [0.1, 0.15) is 43.2 Å². The highest BCUT2D eigenvalue weighted by Gasteiger charge is 2.33. The van der Waals surface area contributed by atoms with Crippen LogP contribution in [0.4, 0.5) is 16.6 Å². The molecule has 1 fully saturated rings. The van der Waals surface area contributed by atoms with E-state index >= 15 is 0 Å². The van der Waals surface area contributed by atoms with Crippen molar-refractivity contribution in [2.75, 3.05) is 36.6 Å². The maximum absolute atomic E-state index is 12.6. The molecule has 1 amide bonds. The van der Waals surface area contributed by atoms with Crippen molar-refractivity contribution in [3.8, 4) is 0 Å². The zero-order chi connectivity index (χ0) is 22.7. The van der Waals surface area contributed by atoms with Gasteiger partial charge in [0, 0.05) is 18.7 Å². The van der Waals surface area contributed by atoms with E-state index in [1.165, 1.54) is 5.56 Å².